The zero-order valence-electron chi connectivity index (χ0n) is 9.73. The number of fused-ring (bicyclic) bond motifs is 1. The normalized spacial score (nSPS) is 15.1. The van der Waals surface area contributed by atoms with Crippen molar-refractivity contribution in [2.75, 3.05) is 0 Å². The molecule has 86 valence electrons. The van der Waals surface area contributed by atoms with E-state index in [-0.39, 0.29) is 0 Å². The van der Waals surface area contributed by atoms with Gasteiger partial charge in [0.15, 0.2) is 0 Å². The largest absolute Gasteiger partial charge is 0.299 e. The van der Waals surface area contributed by atoms with Crippen molar-refractivity contribution in [3.8, 4) is 0 Å². The Kier molecular flexibility index (Phi) is 2.63. The maximum absolute atomic E-state index is 11.8. The number of carbonyl (C=O) groups is 1. The van der Waals surface area contributed by atoms with Crippen molar-refractivity contribution >= 4 is 16.7 Å². The summed E-state index contributed by atoms with van der Waals surface area (Å²) in [5.74, 6) is 0.998. The molecule has 0 spiro atoms. The van der Waals surface area contributed by atoms with E-state index < -0.39 is 0 Å². The number of hydrogen-bond acceptors (Lipinski definition) is 2. The molecular weight excluding hydrogens is 210 g/mol. The number of ketones is 1. The van der Waals surface area contributed by atoms with Crippen molar-refractivity contribution in [2.45, 2.75) is 25.7 Å². The average molecular weight is 225 g/mol. The van der Waals surface area contributed by atoms with E-state index in [0.717, 1.165) is 23.0 Å². The monoisotopic (exact) mass is 225 g/mol. The van der Waals surface area contributed by atoms with Gasteiger partial charge in [0.2, 0.25) is 0 Å². The fraction of sp³-hybridized carbons (Fsp3) is 0.333. The fourth-order valence-corrected chi connectivity index (χ4v) is 2.12. The van der Waals surface area contributed by atoms with Crippen LogP contribution in [0.4, 0.5) is 0 Å². The molecule has 1 aromatic carbocycles. The SMILES string of the molecule is O=C(Cc1ccc2ccccc2n1)CC1CC1. The van der Waals surface area contributed by atoms with E-state index in [2.05, 4.69) is 4.98 Å². The predicted octanol–water partition coefficient (Wildman–Crippen LogP) is 3.15. The van der Waals surface area contributed by atoms with Crippen molar-refractivity contribution in [2.24, 2.45) is 5.92 Å². The molecule has 2 heteroatoms. The summed E-state index contributed by atoms with van der Waals surface area (Å²) >= 11 is 0. The average Bonchev–Trinajstić information content (AvgIpc) is 3.12. The minimum absolute atomic E-state index is 0.329. The first-order chi connectivity index (χ1) is 8.31. The molecule has 2 aromatic rings. The molecule has 1 aliphatic rings. The van der Waals surface area contributed by atoms with E-state index in [4.69, 9.17) is 0 Å². The van der Waals surface area contributed by atoms with Crippen molar-refractivity contribution in [3.05, 3.63) is 42.1 Å². The standard InChI is InChI=1S/C15H15NO/c17-14(9-11-5-6-11)10-13-8-7-12-3-1-2-4-15(12)16-13/h1-4,7-8,11H,5-6,9-10H2. The summed E-state index contributed by atoms with van der Waals surface area (Å²) in [6.45, 7) is 0. The molecule has 1 saturated carbocycles. The zero-order chi connectivity index (χ0) is 11.7. The molecule has 1 fully saturated rings. The van der Waals surface area contributed by atoms with Gasteiger partial charge in [0, 0.05) is 23.9 Å². The van der Waals surface area contributed by atoms with Gasteiger partial charge in [0.1, 0.15) is 5.78 Å². The number of Topliss-reactive ketones (excluding diaryl/α,β-unsaturated/α-hetero) is 1. The lowest BCUT2D eigenvalue weighted by Gasteiger charge is -2.02. The fourth-order valence-electron chi connectivity index (χ4n) is 2.12. The van der Waals surface area contributed by atoms with Crippen LogP contribution < -0.4 is 0 Å². The summed E-state index contributed by atoms with van der Waals surface area (Å²) in [4.78, 5) is 16.3. The van der Waals surface area contributed by atoms with Crippen LogP contribution in [0, 0.1) is 5.92 Å². The minimum atomic E-state index is 0.329. The molecule has 1 aromatic heterocycles. The lowest BCUT2D eigenvalue weighted by atomic mass is 10.1. The lowest BCUT2D eigenvalue weighted by Crippen LogP contribution is -2.05. The molecular formula is C15H15NO. The van der Waals surface area contributed by atoms with E-state index in [1.165, 1.54) is 12.8 Å². The van der Waals surface area contributed by atoms with Gasteiger partial charge in [-0.1, -0.05) is 24.3 Å². The third kappa shape index (κ3) is 2.52. The summed E-state index contributed by atoms with van der Waals surface area (Å²) in [6.07, 6.45) is 3.70. The highest BCUT2D eigenvalue weighted by Crippen LogP contribution is 2.32. The van der Waals surface area contributed by atoms with Gasteiger partial charge < -0.3 is 0 Å². The smallest absolute Gasteiger partial charge is 0.139 e. The summed E-state index contributed by atoms with van der Waals surface area (Å²) in [5.41, 5.74) is 1.87. The maximum Gasteiger partial charge on any atom is 0.139 e. The third-order valence-corrected chi connectivity index (χ3v) is 3.25. The number of hydrogen-bond donors (Lipinski definition) is 0. The molecule has 3 rings (SSSR count). The zero-order valence-corrected chi connectivity index (χ0v) is 9.73. The van der Waals surface area contributed by atoms with Crippen LogP contribution in [0.2, 0.25) is 0 Å². The van der Waals surface area contributed by atoms with Crippen LogP contribution in [0.1, 0.15) is 25.0 Å². The van der Waals surface area contributed by atoms with E-state index in [1.54, 1.807) is 0 Å². The van der Waals surface area contributed by atoms with Crippen LogP contribution in [0.15, 0.2) is 36.4 Å². The molecule has 0 aliphatic heterocycles. The summed E-state index contributed by atoms with van der Waals surface area (Å²) in [6, 6.07) is 12.0. The molecule has 0 N–H and O–H groups in total. The Bertz CT molecular complexity index is 558. The highest BCUT2D eigenvalue weighted by atomic mass is 16.1. The van der Waals surface area contributed by atoms with Crippen LogP contribution in [-0.2, 0) is 11.2 Å². The van der Waals surface area contributed by atoms with Gasteiger partial charge in [-0.3, -0.25) is 9.78 Å². The van der Waals surface area contributed by atoms with Crippen molar-refractivity contribution < 1.29 is 4.79 Å². The van der Waals surface area contributed by atoms with Gasteiger partial charge in [-0.2, -0.15) is 0 Å². The predicted molar refractivity (Wildman–Crippen MR) is 67.8 cm³/mol. The molecule has 0 amide bonds. The Morgan fingerprint density at radius 3 is 2.82 bits per heavy atom. The van der Waals surface area contributed by atoms with E-state index >= 15 is 0 Å². The Hall–Kier alpha value is -1.70. The molecule has 1 aliphatic carbocycles. The summed E-state index contributed by atoms with van der Waals surface area (Å²) in [5, 5.41) is 1.13. The Morgan fingerprint density at radius 1 is 1.18 bits per heavy atom. The first-order valence-corrected chi connectivity index (χ1v) is 6.17. The number of nitrogens with zero attached hydrogens (tertiary/aromatic N) is 1. The van der Waals surface area contributed by atoms with Gasteiger partial charge in [-0.25, -0.2) is 0 Å². The van der Waals surface area contributed by atoms with Gasteiger partial charge in [-0.15, -0.1) is 0 Å². The second-order valence-electron chi connectivity index (χ2n) is 4.86. The summed E-state index contributed by atoms with van der Waals surface area (Å²) < 4.78 is 0. The molecule has 0 saturated heterocycles. The van der Waals surface area contributed by atoms with Gasteiger partial charge >= 0.3 is 0 Å². The molecule has 2 nitrogen and oxygen atoms in total. The van der Waals surface area contributed by atoms with Crippen molar-refractivity contribution in [1.82, 2.24) is 4.98 Å². The second kappa shape index (κ2) is 4.28. The van der Waals surface area contributed by atoms with Crippen LogP contribution in [0.3, 0.4) is 0 Å². The lowest BCUT2D eigenvalue weighted by molar-refractivity contribution is -0.118. The molecule has 0 radical (unpaired) electrons. The van der Waals surface area contributed by atoms with Crippen LogP contribution in [0.5, 0.6) is 0 Å². The van der Waals surface area contributed by atoms with E-state index in [9.17, 15) is 4.79 Å². The van der Waals surface area contributed by atoms with Crippen LogP contribution in [-0.4, -0.2) is 10.8 Å². The first kappa shape index (κ1) is 10.5. The quantitative estimate of drug-likeness (QED) is 0.800. The second-order valence-corrected chi connectivity index (χ2v) is 4.86. The highest BCUT2D eigenvalue weighted by molar-refractivity contribution is 5.83. The molecule has 0 atom stereocenters. The van der Waals surface area contributed by atoms with Crippen molar-refractivity contribution in [3.63, 3.8) is 0 Å². The molecule has 0 unspecified atom stereocenters. The number of rotatable bonds is 4. The Labute approximate surface area is 101 Å². The molecule has 0 bridgehead atoms. The topological polar surface area (TPSA) is 30.0 Å². The maximum atomic E-state index is 11.8. The number of carbonyl (C=O) groups excluding carboxylic acids is 1. The number of para-hydroxylation sites is 1. The van der Waals surface area contributed by atoms with Crippen LogP contribution >= 0.6 is 0 Å². The minimum Gasteiger partial charge on any atom is -0.299 e. The Morgan fingerprint density at radius 2 is 2.00 bits per heavy atom. The molecule has 17 heavy (non-hydrogen) atoms. The summed E-state index contributed by atoms with van der Waals surface area (Å²) in [7, 11) is 0. The van der Waals surface area contributed by atoms with Gasteiger partial charge in [-0.05, 0) is 30.9 Å². The van der Waals surface area contributed by atoms with Crippen LogP contribution in [0.25, 0.3) is 10.9 Å². The number of aromatic nitrogens is 1. The van der Waals surface area contributed by atoms with Gasteiger partial charge in [0.05, 0.1) is 5.52 Å². The first-order valence-electron chi connectivity index (χ1n) is 6.17. The Balaban J connectivity index is 1.77. The number of pyridine rings is 1. The third-order valence-electron chi connectivity index (χ3n) is 3.25. The van der Waals surface area contributed by atoms with E-state index in [0.29, 0.717) is 18.1 Å². The highest BCUT2D eigenvalue weighted by Gasteiger charge is 2.24. The number of benzene rings is 1. The van der Waals surface area contributed by atoms with Crippen molar-refractivity contribution in [1.29, 1.82) is 0 Å². The van der Waals surface area contributed by atoms with E-state index in [1.807, 2.05) is 36.4 Å². The molecule has 1 heterocycles. The van der Waals surface area contributed by atoms with Gasteiger partial charge in [0.25, 0.3) is 0 Å².